The van der Waals surface area contributed by atoms with Crippen LogP contribution in [0.3, 0.4) is 0 Å². The minimum Gasteiger partial charge on any atom is -0.341 e. The molecule has 1 aromatic rings. The van der Waals surface area contributed by atoms with E-state index in [1.165, 1.54) is 25.7 Å². The van der Waals surface area contributed by atoms with Gasteiger partial charge in [-0.15, -0.1) is 10.2 Å². The number of rotatable bonds is 1. The predicted molar refractivity (Wildman–Crippen MR) is 48.4 cm³/mol. The van der Waals surface area contributed by atoms with Gasteiger partial charge in [0.25, 0.3) is 0 Å². The van der Waals surface area contributed by atoms with Crippen molar-refractivity contribution in [1.82, 2.24) is 10.2 Å². The Morgan fingerprint density at radius 1 is 1.25 bits per heavy atom. The molecule has 2 aliphatic heterocycles. The number of hydrogen-bond acceptors (Lipinski definition) is 4. The van der Waals surface area contributed by atoms with Crippen LogP contribution in [0, 0.1) is 0 Å². The predicted octanol–water partition coefficient (Wildman–Crippen LogP) is 1.67. The Labute approximate surface area is 75.4 Å². The van der Waals surface area contributed by atoms with Crippen molar-refractivity contribution in [2.45, 2.75) is 37.8 Å². The van der Waals surface area contributed by atoms with Gasteiger partial charge in [0, 0.05) is 12.1 Å². The lowest BCUT2D eigenvalue weighted by Gasteiger charge is -2.19. The molecule has 2 aliphatic rings. The van der Waals surface area contributed by atoms with E-state index in [1.807, 2.05) is 5.51 Å². The largest absolute Gasteiger partial charge is 0.341 e. The Hall–Kier alpha value is -0.640. The van der Waals surface area contributed by atoms with E-state index in [2.05, 4.69) is 15.1 Å². The van der Waals surface area contributed by atoms with Gasteiger partial charge in [-0.3, -0.25) is 0 Å². The summed E-state index contributed by atoms with van der Waals surface area (Å²) in [5.41, 5.74) is 1.83. The zero-order chi connectivity index (χ0) is 7.97. The second kappa shape index (κ2) is 2.42. The Morgan fingerprint density at radius 2 is 1.92 bits per heavy atom. The van der Waals surface area contributed by atoms with E-state index in [4.69, 9.17) is 0 Å². The van der Waals surface area contributed by atoms with Crippen LogP contribution in [-0.2, 0) is 0 Å². The average molecular weight is 181 g/mol. The summed E-state index contributed by atoms with van der Waals surface area (Å²) in [6.45, 7) is 0. The maximum absolute atomic E-state index is 4.13. The summed E-state index contributed by atoms with van der Waals surface area (Å²) in [5, 5.41) is 9.16. The minimum atomic E-state index is 0.781. The summed E-state index contributed by atoms with van der Waals surface area (Å²) in [4.78, 5) is 2.48. The van der Waals surface area contributed by atoms with E-state index in [1.54, 1.807) is 11.3 Å². The van der Waals surface area contributed by atoms with Crippen LogP contribution in [0.4, 0.5) is 5.13 Å². The second-order valence-electron chi connectivity index (χ2n) is 3.59. The first-order valence-corrected chi connectivity index (χ1v) is 5.37. The van der Waals surface area contributed by atoms with Crippen molar-refractivity contribution in [3.05, 3.63) is 5.51 Å². The SMILES string of the molecule is c1nnc(N2C3CCC2CC3)s1. The van der Waals surface area contributed by atoms with Crippen LogP contribution >= 0.6 is 11.3 Å². The molecule has 3 nitrogen and oxygen atoms in total. The van der Waals surface area contributed by atoms with Crippen molar-refractivity contribution in [1.29, 1.82) is 0 Å². The van der Waals surface area contributed by atoms with E-state index >= 15 is 0 Å². The molecule has 0 atom stereocenters. The van der Waals surface area contributed by atoms with Crippen LogP contribution in [-0.4, -0.2) is 22.3 Å². The molecule has 0 unspecified atom stereocenters. The highest BCUT2D eigenvalue weighted by molar-refractivity contribution is 7.13. The van der Waals surface area contributed by atoms with Crippen molar-refractivity contribution < 1.29 is 0 Å². The lowest BCUT2D eigenvalue weighted by Crippen LogP contribution is -2.27. The Morgan fingerprint density at radius 3 is 2.42 bits per heavy atom. The molecule has 0 N–H and O–H groups in total. The third-order valence-corrected chi connectivity index (χ3v) is 3.73. The highest BCUT2D eigenvalue weighted by Crippen LogP contribution is 2.41. The first-order valence-electron chi connectivity index (χ1n) is 4.49. The summed E-state index contributed by atoms with van der Waals surface area (Å²) in [6, 6.07) is 1.56. The van der Waals surface area contributed by atoms with E-state index in [9.17, 15) is 0 Å². The van der Waals surface area contributed by atoms with Crippen molar-refractivity contribution in [3.63, 3.8) is 0 Å². The number of aromatic nitrogens is 2. The average Bonchev–Trinajstić information content (AvgIpc) is 2.78. The molecule has 0 aromatic carbocycles. The zero-order valence-electron chi connectivity index (χ0n) is 6.81. The van der Waals surface area contributed by atoms with Crippen LogP contribution in [0.5, 0.6) is 0 Å². The summed E-state index contributed by atoms with van der Waals surface area (Å²) in [5.74, 6) is 0. The van der Waals surface area contributed by atoms with Crippen molar-refractivity contribution in [2.24, 2.45) is 0 Å². The van der Waals surface area contributed by atoms with Gasteiger partial charge in [0.2, 0.25) is 5.13 Å². The highest BCUT2D eigenvalue weighted by Gasteiger charge is 2.40. The third kappa shape index (κ3) is 0.813. The van der Waals surface area contributed by atoms with Crippen LogP contribution in [0.25, 0.3) is 0 Å². The van der Waals surface area contributed by atoms with Crippen LogP contribution < -0.4 is 4.90 Å². The molecule has 0 amide bonds. The van der Waals surface area contributed by atoms with Gasteiger partial charge in [-0.05, 0) is 25.7 Å². The van der Waals surface area contributed by atoms with E-state index in [0.717, 1.165) is 17.2 Å². The maximum atomic E-state index is 4.13. The van der Waals surface area contributed by atoms with Gasteiger partial charge < -0.3 is 4.90 Å². The van der Waals surface area contributed by atoms with Gasteiger partial charge in [-0.1, -0.05) is 11.3 Å². The van der Waals surface area contributed by atoms with Crippen LogP contribution in [0.15, 0.2) is 5.51 Å². The van der Waals surface area contributed by atoms with E-state index < -0.39 is 0 Å². The summed E-state index contributed by atoms with van der Waals surface area (Å²) in [7, 11) is 0. The van der Waals surface area contributed by atoms with Crippen molar-refractivity contribution in [3.8, 4) is 0 Å². The van der Waals surface area contributed by atoms with Gasteiger partial charge in [0.15, 0.2) is 0 Å². The number of nitrogens with zero attached hydrogens (tertiary/aromatic N) is 3. The quantitative estimate of drug-likeness (QED) is 0.660. The monoisotopic (exact) mass is 181 g/mol. The summed E-state index contributed by atoms with van der Waals surface area (Å²) < 4.78 is 0. The third-order valence-electron chi connectivity index (χ3n) is 3.02. The highest BCUT2D eigenvalue weighted by atomic mass is 32.1. The second-order valence-corrected chi connectivity index (χ2v) is 4.40. The van der Waals surface area contributed by atoms with Gasteiger partial charge in [0.05, 0.1) is 0 Å². The molecule has 3 rings (SSSR count). The fraction of sp³-hybridized carbons (Fsp3) is 0.750. The smallest absolute Gasteiger partial charge is 0.208 e. The van der Waals surface area contributed by atoms with Gasteiger partial charge >= 0.3 is 0 Å². The fourth-order valence-electron chi connectivity index (χ4n) is 2.50. The van der Waals surface area contributed by atoms with Crippen molar-refractivity contribution in [2.75, 3.05) is 4.90 Å². The molecule has 2 fully saturated rings. The first-order chi connectivity index (χ1) is 5.95. The molecule has 2 bridgehead atoms. The number of anilines is 1. The molecular weight excluding hydrogens is 170 g/mol. The summed E-state index contributed by atoms with van der Waals surface area (Å²) >= 11 is 1.67. The molecular formula is C8H11N3S. The molecule has 0 radical (unpaired) electrons. The topological polar surface area (TPSA) is 29.0 Å². The van der Waals surface area contributed by atoms with Gasteiger partial charge in [-0.25, -0.2) is 0 Å². The molecule has 0 saturated carbocycles. The van der Waals surface area contributed by atoms with Crippen LogP contribution in [0.2, 0.25) is 0 Å². The lowest BCUT2D eigenvalue weighted by molar-refractivity contribution is 0.576. The molecule has 3 heterocycles. The number of fused-ring (bicyclic) bond motifs is 2. The van der Waals surface area contributed by atoms with Crippen LogP contribution in [0.1, 0.15) is 25.7 Å². The Kier molecular flexibility index (Phi) is 1.38. The zero-order valence-corrected chi connectivity index (χ0v) is 7.63. The minimum absolute atomic E-state index is 0.781. The summed E-state index contributed by atoms with van der Waals surface area (Å²) in [6.07, 6.45) is 5.46. The molecule has 2 saturated heterocycles. The molecule has 4 heteroatoms. The molecule has 0 aliphatic carbocycles. The van der Waals surface area contributed by atoms with Crippen molar-refractivity contribution >= 4 is 16.5 Å². The Balaban J connectivity index is 1.94. The van der Waals surface area contributed by atoms with Gasteiger partial charge in [-0.2, -0.15) is 0 Å². The van der Waals surface area contributed by atoms with E-state index in [0.29, 0.717) is 0 Å². The molecule has 1 aromatic heterocycles. The molecule has 12 heavy (non-hydrogen) atoms. The molecule has 64 valence electrons. The fourth-order valence-corrected chi connectivity index (χ4v) is 3.21. The standard InChI is InChI=1S/C8H11N3S/c1-2-7-4-3-6(1)11(7)8-10-9-5-12-8/h5-7H,1-4H2. The van der Waals surface area contributed by atoms with Gasteiger partial charge in [0.1, 0.15) is 5.51 Å². The normalized spacial score (nSPS) is 33.2. The number of hydrogen-bond donors (Lipinski definition) is 0. The van der Waals surface area contributed by atoms with E-state index in [-0.39, 0.29) is 0 Å². The lowest BCUT2D eigenvalue weighted by atomic mass is 10.0. The first kappa shape index (κ1) is 6.83. The Bertz CT molecular complexity index is 252. The molecule has 0 spiro atoms. The maximum Gasteiger partial charge on any atom is 0.208 e.